The fourth-order valence-corrected chi connectivity index (χ4v) is 3.02. The maximum absolute atomic E-state index is 3.70. The van der Waals surface area contributed by atoms with Crippen LogP contribution in [0.2, 0.25) is 0 Å². The van der Waals surface area contributed by atoms with E-state index < -0.39 is 0 Å². The predicted molar refractivity (Wildman–Crippen MR) is 99.1 cm³/mol. The van der Waals surface area contributed by atoms with Crippen LogP contribution in [0.25, 0.3) is 5.70 Å². The van der Waals surface area contributed by atoms with Crippen LogP contribution in [0.15, 0.2) is 36.0 Å². The lowest BCUT2D eigenvalue weighted by Crippen LogP contribution is -2.60. The molecule has 0 radical (unpaired) electrons. The Morgan fingerprint density at radius 1 is 0.739 bits per heavy atom. The van der Waals surface area contributed by atoms with Crippen LogP contribution in [-0.4, -0.2) is 21.2 Å². The highest BCUT2D eigenvalue weighted by atomic mass is 15.9. The van der Waals surface area contributed by atoms with Crippen molar-refractivity contribution in [3.63, 3.8) is 0 Å². The average Bonchev–Trinajstić information content (AvgIpc) is 2.79. The molecule has 0 aromatic heterocycles. The molecule has 0 unspecified atom stereocenters. The molecule has 0 saturated heterocycles. The van der Waals surface area contributed by atoms with Crippen LogP contribution < -0.4 is 5.43 Å². The normalized spacial score (nSPS) is 17.7. The lowest BCUT2D eigenvalue weighted by atomic mass is 9.87. The molecule has 0 spiro atoms. The Hall–Kier alpha value is -1.48. The molecule has 0 amide bonds. The zero-order valence-electron chi connectivity index (χ0n) is 16.3. The minimum absolute atomic E-state index is 0.0145. The molecule has 0 fully saturated rings. The summed E-state index contributed by atoms with van der Waals surface area (Å²) in [6.07, 6.45) is 0. The molecule has 1 heterocycles. The highest BCUT2D eigenvalue weighted by Crippen LogP contribution is 2.44. The van der Waals surface area contributed by atoms with E-state index in [1.165, 1.54) is 17.0 Å². The molecule has 128 valence electrons. The minimum Gasteiger partial charge on any atom is -0.298 e. The second-order valence-electron chi connectivity index (χ2n) is 9.42. The van der Waals surface area contributed by atoms with Gasteiger partial charge in [-0.15, -0.1) is 5.12 Å². The van der Waals surface area contributed by atoms with Gasteiger partial charge in [0.05, 0.1) is 16.9 Å². The smallest absolute Gasteiger partial charge is 0.0792 e. The van der Waals surface area contributed by atoms with Crippen LogP contribution in [0.3, 0.4) is 0 Å². The molecule has 23 heavy (non-hydrogen) atoms. The molecule has 2 rings (SSSR count). The molecule has 1 aromatic carbocycles. The Labute approximate surface area is 142 Å². The van der Waals surface area contributed by atoms with Gasteiger partial charge in [0.15, 0.2) is 0 Å². The van der Waals surface area contributed by atoms with Gasteiger partial charge in [-0.05, 0) is 41.5 Å². The average molecular weight is 316 g/mol. The van der Waals surface area contributed by atoms with Crippen LogP contribution in [0.1, 0.15) is 67.9 Å². The number of hydrogen-bond donors (Lipinski definition) is 1. The first-order valence-electron chi connectivity index (χ1n) is 8.51. The number of rotatable bonds is 1. The molecule has 3 nitrogen and oxygen atoms in total. The van der Waals surface area contributed by atoms with Gasteiger partial charge in [0.1, 0.15) is 0 Å². The van der Waals surface area contributed by atoms with Crippen LogP contribution >= 0.6 is 0 Å². The molecule has 1 aliphatic heterocycles. The van der Waals surface area contributed by atoms with Crippen molar-refractivity contribution in [3.05, 3.63) is 41.6 Å². The summed E-state index contributed by atoms with van der Waals surface area (Å²) < 4.78 is 0. The first-order chi connectivity index (χ1) is 10.3. The van der Waals surface area contributed by atoms with Gasteiger partial charge in [-0.2, -0.15) is 0 Å². The van der Waals surface area contributed by atoms with Crippen molar-refractivity contribution >= 4 is 5.70 Å². The van der Waals surface area contributed by atoms with E-state index in [2.05, 4.69) is 108 Å². The Bertz CT molecular complexity index is 580. The summed E-state index contributed by atoms with van der Waals surface area (Å²) in [6, 6.07) is 10.6. The summed E-state index contributed by atoms with van der Waals surface area (Å²) in [5.41, 5.74) is 7.48. The Kier molecular flexibility index (Phi) is 4.31. The van der Waals surface area contributed by atoms with Gasteiger partial charge in [0, 0.05) is 16.5 Å². The standard InChI is InChI=1S/C20H33N3/c1-18(2,3)17-16(15-13-11-10-12-14-15)21-23(20(7,8)9)22(17)19(4,5)6/h10-14,21H,1-9H3. The topological polar surface area (TPSA) is 18.5 Å². The molecule has 0 saturated carbocycles. The third kappa shape index (κ3) is 3.55. The molecule has 1 aliphatic rings. The van der Waals surface area contributed by atoms with Gasteiger partial charge >= 0.3 is 0 Å². The molecule has 0 aliphatic carbocycles. The van der Waals surface area contributed by atoms with Gasteiger partial charge in [-0.3, -0.25) is 10.4 Å². The van der Waals surface area contributed by atoms with E-state index in [0.29, 0.717) is 0 Å². The number of hydrazine groups is 2. The Balaban J connectivity index is 2.68. The first-order valence-corrected chi connectivity index (χ1v) is 8.51. The number of allylic oxidation sites excluding steroid dienone is 1. The molecule has 3 heteroatoms. The van der Waals surface area contributed by atoms with Gasteiger partial charge in [-0.25, -0.2) is 0 Å². The largest absolute Gasteiger partial charge is 0.298 e. The van der Waals surface area contributed by atoms with Crippen molar-refractivity contribution in [2.75, 3.05) is 0 Å². The highest BCUT2D eigenvalue weighted by molar-refractivity contribution is 5.69. The summed E-state index contributed by atoms with van der Waals surface area (Å²) in [6.45, 7) is 20.4. The Morgan fingerprint density at radius 3 is 1.65 bits per heavy atom. The highest BCUT2D eigenvalue weighted by Gasteiger charge is 2.45. The zero-order valence-corrected chi connectivity index (χ0v) is 16.3. The van der Waals surface area contributed by atoms with Gasteiger partial charge < -0.3 is 0 Å². The summed E-state index contributed by atoms with van der Waals surface area (Å²) in [4.78, 5) is 0. The number of hydrogen-bond acceptors (Lipinski definition) is 3. The van der Waals surface area contributed by atoms with Crippen molar-refractivity contribution in [3.8, 4) is 0 Å². The van der Waals surface area contributed by atoms with Crippen LogP contribution in [-0.2, 0) is 0 Å². The van der Waals surface area contributed by atoms with Crippen molar-refractivity contribution in [1.29, 1.82) is 0 Å². The first kappa shape index (κ1) is 17.9. The van der Waals surface area contributed by atoms with Crippen LogP contribution in [0, 0.1) is 5.41 Å². The fraction of sp³-hybridized carbons (Fsp3) is 0.600. The van der Waals surface area contributed by atoms with Crippen LogP contribution in [0.5, 0.6) is 0 Å². The van der Waals surface area contributed by atoms with Crippen molar-refractivity contribution in [2.24, 2.45) is 5.41 Å². The lowest BCUT2D eigenvalue weighted by molar-refractivity contribution is -0.133. The molecule has 1 N–H and O–H groups in total. The fourth-order valence-electron chi connectivity index (χ4n) is 3.02. The van der Waals surface area contributed by atoms with E-state index in [1.54, 1.807) is 0 Å². The predicted octanol–water partition coefficient (Wildman–Crippen LogP) is 5.04. The second kappa shape index (κ2) is 5.55. The molecule has 1 aromatic rings. The zero-order chi connectivity index (χ0) is 17.6. The van der Waals surface area contributed by atoms with Crippen molar-refractivity contribution < 1.29 is 0 Å². The third-order valence-corrected chi connectivity index (χ3v) is 3.91. The molecular formula is C20H33N3. The minimum atomic E-state index is -0.0275. The second-order valence-corrected chi connectivity index (χ2v) is 9.42. The maximum Gasteiger partial charge on any atom is 0.0792 e. The SMILES string of the molecule is CC(C)(C)C1=C(c2ccccc2)NN(C(C)(C)C)N1C(C)(C)C. The summed E-state index contributed by atoms with van der Waals surface area (Å²) >= 11 is 0. The van der Waals surface area contributed by atoms with Crippen molar-refractivity contribution in [2.45, 2.75) is 73.4 Å². The van der Waals surface area contributed by atoms with E-state index in [9.17, 15) is 0 Å². The van der Waals surface area contributed by atoms with Crippen molar-refractivity contribution in [1.82, 2.24) is 15.6 Å². The number of benzene rings is 1. The summed E-state index contributed by atoms with van der Waals surface area (Å²) in [5, 5.41) is 4.73. The van der Waals surface area contributed by atoms with E-state index in [1.807, 2.05) is 0 Å². The number of nitrogens with zero attached hydrogens (tertiary/aromatic N) is 2. The van der Waals surface area contributed by atoms with Crippen LogP contribution in [0.4, 0.5) is 0 Å². The van der Waals surface area contributed by atoms with E-state index >= 15 is 0 Å². The van der Waals surface area contributed by atoms with Gasteiger partial charge in [-0.1, -0.05) is 51.1 Å². The monoisotopic (exact) mass is 315 g/mol. The van der Waals surface area contributed by atoms with E-state index in [0.717, 1.165) is 0 Å². The van der Waals surface area contributed by atoms with E-state index in [4.69, 9.17) is 0 Å². The molecule has 0 bridgehead atoms. The number of nitrogens with one attached hydrogen (secondary N) is 1. The maximum atomic E-state index is 3.70. The molecular weight excluding hydrogens is 282 g/mol. The lowest BCUT2D eigenvalue weighted by Gasteiger charge is -2.49. The molecule has 0 atom stereocenters. The summed E-state index contributed by atoms with van der Waals surface area (Å²) in [7, 11) is 0. The summed E-state index contributed by atoms with van der Waals surface area (Å²) in [5.74, 6) is 0. The Morgan fingerprint density at radius 2 is 1.26 bits per heavy atom. The van der Waals surface area contributed by atoms with E-state index in [-0.39, 0.29) is 16.5 Å². The van der Waals surface area contributed by atoms with Gasteiger partial charge in [0.2, 0.25) is 0 Å². The third-order valence-electron chi connectivity index (χ3n) is 3.91. The quantitative estimate of drug-likeness (QED) is 0.783. The van der Waals surface area contributed by atoms with Gasteiger partial charge in [0.25, 0.3) is 0 Å².